The van der Waals surface area contributed by atoms with Gasteiger partial charge in [-0.15, -0.1) is 0 Å². The number of hydrogen-bond acceptors (Lipinski definition) is 5. The second-order valence-corrected chi connectivity index (χ2v) is 3.73. The van der Waals surface area contributed by atoms with Gasteiger partial charge in [-0.2, -0.15) is 0 Å². The number of carbonyl (C=O) groups is 1. The molecule has 0 radical (unpaired) electrons. The van der Waals surface area contributed by atoms with E-state index >= 15 is 0 Å². The molecule has 8 heteroatoms. The Balaban J connectivity index is 3.30. The molecule has 0 aliphatic carbocycles. The summed E-state index contributed by atoms with van der Waals surface area (Å²) in [5.41, 5.74) is -0.987. The van der Waals surface area contributed by atoms with Crippen molar-refractivity contribution in [3.63, 3.8) is 0 Å². The average Bonchev–Trinajstić information content (AvgIpc) is 2.39. The summed E-state index contributed by atoms with van der Waals surface area (Å²) in [7, 11) is 0. The number of carbonyl (C=O) groups excluding carboxylic acids is 1. The maximum Gasteiger partial charge on any atom is 0.277 e. The Labute approximate surface area is 108 Å². The first-order chi connectivity index (χ1) is 8.90. The summed E-state index contributed by atoms with van der Waals surface area (Å²) < 4.78 is 0. The molecule has 1 amide bonds. The van der Waals surface area contributed by atoms with Crippen molar-refractivity contribution in [1.29, 1.82) is 0 Å². The highest BCUT2D eigenvalue weighted by Crippen LogP contribution is 2.23. The number of non-ortho nitro benzene ring substituents is 2. The topological polar surface area (TPSA) is 107 Å². The smallest absolute Gasteiger partial charge is 0.277 e. The minimum absolute atomic E-state index is 0.0513. The van der Waals surface area contributed by atoms with E-state index in [1.807, 2.05) is 0 Å². The third kappa shape index (κ3) is 3.24. The quantitative estimate of drug-likeness (QED) is 0.598. The molecule has 0 aromatic heterocycles. The Morgan fingerprint density at radius 3 is 1.79 bits per heavy atom. The van der Waals surface area contributed by atoms with Gasteiger partial charge in [-0.3, -0.25) is 25.0 Å². The standard InChI is InChI=1S/C11H13N3O5/c1-3-12(4-2)11(15)8-5-9(13(16)17)7-10(6-8)14(18)19/h5-7H,3-4H2,1-2H3. The molecular formula is C11H13N3O5. The molecule has 0 unspecified atom stereocenters. The van der Waals surface area contributed by atoms with Gasteiger partial charge in [0.25, 0.3) is 17.3 Å². The monoisotopic (exact) mass is 267 g/mol. The molecule has 0 bridgehead atoms. The van der Waals surface area contributed by atoms with Crippen LogP contribution in [0, 0.1) is 20.2 Å². The summed E-state index contributed by atoms with van der Waals surface area (Å²) in [5.74, 6) is -0.461. The van der Waals surface area contributed by atoms with Gasteiger partial charge in [-0.05, 0) is 13.8 Å². The Morgan fingerprint density at radius 1 is 1.05 bits per heavy atom. The molecule has 0 N–H and O–H groups in total. The Bertz CT molecular complexity index is 493. The highest BCUT2D eigenvalue weighted by atomic mass is 16.6. The van der Waals surface area contributed by atoms with Gasteiger partial charge in [0.1, 0.15) is 0 Å². The molecular weight excluding hydrogens is 254 g/mol. The summed E-state index contributed by atoms with van der Waals surface area (Å²) in [6, 6.07) is 2.93. The lowest BCUT2D eigenvalue weighted by atomic mass is 10.1. The van der Waals surface area contributed by atoms with Crippen LogP contribution in [0.25, 0.3) is 0 Å². The lowest BCUT2D eigenvalue weighted by molar-refractivity contribution is -0.394. The van der Waals surface area contributed by atoms with Crippen LogP contribution < -0.4 is 0 Å². The van der Waals surface area contributed by atoms with E-state index in [2.05, 4.69) is 0 Å². The molecule has 0 atom stereocenters. The van der Waals surface area contributed by atoms with E-state index in [-0.39, 0.29) is 5.56 Å². The minimum atomic E-state index is -0.758. The summed E-state index contributed by atoms with van der Waals surface area (Å²) in [5, 5.41) is 21.4. The van der Waals surface area contributed by atoms with Crippen molar-refractivity contribution >= 4 is 17.3 Å². The first-order valence-corrected chi connectivity index (χ1v) is 5.63. The maximum absolute atomic E-state index is 12.0. The molecule has 0 saturated heterocycles. The third-order valence-electron chi connectivity index (χ3n) is 2.62. The summed E-state index contributed by atoms with van der Waals surface area (Å²) in [6.07, 6.45) is 0. The van der Waals surface area contributed by atoms with Crippen LogP contribution in [0.15, 0.2) is 18.2 Å². The first kappa shape index (κ1) is 14.6. The number of nitro groups is 2. The molecule has 1 rings (SSSR count). The van der Waals surface area contributed by atoms with Crippen LogP contribution in [-0.4, -0.2) is 33.7 Å². The van der Waals surface area contributed by atoms with Crippen molar-refractivity contribution in [3.05, 3.63) is 44.0 Å². The maximum atomic E-state index is 12.0. The number of hydrogen-bond donors (Lipinski definition) is 0. The summed E-state index contributed by atoms with van der Waals surface area (Å²) in [4.78, 5) is 33.4. The Kier molecular flexibility index (Phi) is 4.51. The first-order valence-electron chi connectivity index (χ1n) is 5.63. The van der Waals surface area contributed by atoms with E-state index in [9.17, 15) is 25.0 Å². The number of benzene rings is 1. The largest absolute Gasteiger partial charge is 0.339 e. The molecule has 0 aliphatic heterocycles. The fraction of sp³-hybridized carbons (Fsp3) is 0.364. The predicted molar refractivity (Wildman–Crippen MR) is 67.0 cm³/mol. The van der Waals surface area contributed by atoms with Crippen LogP contribution in [0.4, 0.5) is 11.4 Å². The fourth-order valence-electron chi connectivity index (χ4n) is 1.62. The summed E-state index contributed by atoms with van der Waals surface area (Å²) in [6.45, 7) is 4.36. The molecule has 0 spiro atoms. The van der Waals surface area contributed by atoms with Crippen molar-refractivity contribution in [2.45, 2.75) is 13.8 Å². The molecule has 19 heavy (non-hydrogen) atoms. The van der Waals surface area contributed by atoms with Gasteiger partial charge in [0, 0.05) is 25.2 Å². The van der Waals surface area contributed by atoms with Gasteiger partial charge < -0.3 is 4.90 Å². The Hall–Kier alpha value is -2.51. The lowest BCUT2D eigenvalue weighted by Crippen LogP contribution is -2.30. The number of nitro benzene ring substituents is 2. The number of amides is 1. The van der Waals surface area contributed by atoms with Crippen molar-refractivity contribution in [3.8, 4) is 0 Å². The van der Waals surface area contributed by atoms with Crippen molar-refractivity contribution in [2.24, 2.45) is 0 Å². The van der Waals surface area contributed by atoms with Gasteiger partial charge in [0.2, 0.25) is 0 Å². The predicted octanol–water partition coefficient (Wildman–Crippen LogP) is 1.98. The van der Waals surface area contributed by atoms with Crippen molar-refractivity contribution in [1.82, 2.24) is 4.90 Å². The molecule has 8 nitrogen and oxygen atoms in total. The second kappa shape index (κ2) is 5.89. The van der Waals surface area contributed by atoms with Gasteiger partial charge in [0.05, 0.1) is 21.5 Å². The molecule has 102 valence electrons. The molecule has 0 aliphatic rings. The highest BCUT2D eigenvalue weighted by molar-refractivity contribution is 5.95. The van der Waals surface area contributed by atoms with Crippen molar-refractivity contribution in [2.75, 3.05) is 13.1 Å². The number of nitrogens with zero attached hydrogens (tertiary/aromatic N) is 3. The van der Waals surface area contributed by atoms with Gasteiger partial charge >= 0.3 is 0 Å². The van der Waals surface area contributed by atoms with Crippen LogP contribution in [0.2, 0.25) is 0 Å². The van der Waals surface area contributed by atoms with E-state index in [0.29, 0.717) is 13.1 Å². The van der Waals surface area contributed by atoms with Crippen LogP contribution >= 0.6 is 0 Å². The molecule has 1 aromatic rings. The van der Waals surface area contributed by atoms with Crippen molar-refractivity contribution < 1.29 is 14.6 Å². The zero-order valence-corrected chi connectivity index (χ0v) is 10.5. The van der Waals surface area contributed by atoms with Gasteiger partial charge in [0.15, 0.2) is 0 Å². The molecule has 0 heterocycles. The fourth-order valence-corrected chi connectivity index (χ4v) is 1.62. The molecule has 0 fully saturated rings. The molecule has 0 saturated carbocycles. The van der Waals surface area contributed by atoms with Crippen LogP contribution in [0.3, 0.4) is 0 Å². The van der Waals surface area contributed by atoms with E-state index in [0.717, 1.165) is 18.2 Å². The van der Waals surface area contributed by atoms with Crippen LogP contribution in [-0.2, 0) is 0 Å². The van der Waals surface area contributed by atoms with Crippen LogP contribution in [0.5, 0.6) is 0 Å². The van der Waals surface area contributed by atoms with Gasteiger partial charge in [-0.25, -0.2) is 0 Å². The normalized spacial score (nSPS) is 10.0. The zero-order valence-electron chi connectivity index (χ0n) is 10.5. The molecule has 1 aromatic carbocycles. The second-order valence-electron chi connectivity index (χ2n) is 3.73. The zero-order chi connectivity index (χ0) is 14.6. The SMILES string of the molecule is CCN(CC)C(=O)c1cc([N+](=O)[O-])cc([N+](=O)[O-])c1. The van der Waals surface area contributed by atoms with E-state index < -0.39 is 27.1 Å². The average molecular weight is 267 g/mol. The highest BCUT2D eigenvalue weighted by Gasteiger charge is 2.21. The van der Waals surface area contributed by atoms with E-state index in [1.165, 1.54) is 4.90 Å². The Morgan fingerprint density at radius 2 is 1.47 bits per heavy atom. The number of rotatable bonds is 5. The third-order valence-corrected chi connectivity index (χ3v) is 2.62. The van der Waals surface area contributed by atoms with E-state index in [1.54, 1.807) is 13.8 Å². The lowest BCUT2D eigenvalue weighted by Gasteiger charge is -2.18. The van der Waals surface area contributed by atoms with E-state index in [4.69, 9.17) is 0 Å². The summed E-state index contributed by atoms with van der Waals surface area (Å²) >= 11 is 0. The minimum Gasteiger partial charge on any atom is -0.339 e. The van der Waals surface area contributed by atoms with Crippen LogP contribution in [0.1, 0.15) is 24.2 Å². The van der Waals surface area contributed by atoms with Gasteiger partial charge in [-0.1, -0.05) is 0 Å².